The minimum absolute atomic E-state index is 0.0777. The average molecular weight is 316 g/mol. The van der Waals surface area contributed by atoms with Crippen molar-refractivity contribution < 1.29 is 0 Å². The van der Waals surface area contributed by atoms with Crippen LogP contribution in [0.3, 0.4) is 0 Å². The molecule has 2 aliphatic rings. The standard InChI is InChI=1S/C19H16N4O/c24-19-14-6-3-7-15-18(14)16(8-20-19)22-17(21-15)11-23-9-12-4-1-2-5-13(12)10-23/h1-8H,9-11H2,(H,20,24)(H,21,22). The van der Waals surface area contributed by atoms with E-state index in [2.05, 4.69) is 39.5 Å². The summed E-state index contributed by atoms with van der Waals surface area (Å²) in [5.74, 6) is 0.912. The highest BCUT2D eigenvalue weighted by atomic mass is 16.1. The van der Waals surface area contributed by atoms with Crippen molar-refractivity contribution in [2.75, 3.05) is 11.9 Å². The van der Waals surface area contributed by atoms with E-state index >= 15 is 0 Å². The average Bonchev–Trinajstić information content (AvgIpc) is 3.00. The van der Waals surface area contributed by atoms with Crippen LogP contribution >= 0.6 is 0 Å². The van der Waals surface area contributed by atoms with Crippen LogP contribution in [0.4, 0.5) is 11.4 Å². The zero-order valence-electron chi connectivity index (χ0n) is 13.0. The maximum absolute atomic E-state index is 12.0. The van der Waals surface area contributed by atoms with Crippen LogP contribution in [-0.2, 0) is 13.1 Å². The fourth-order valence-corrected chi connectivity index (χ4v) is 3.62. The Morgan fingerprint density at radius 2 is 1.83 bits per heavy atom. The lowest BCUT2D eigenvalue weighted by atomic mass is 10.1. The third kappa shape index (κ3) is 2.06. The Labute approximate surface area is 138 Å². The predicted molar refractivity (Wildman–Crippen MR) is 95.8 cm³/mol. The van der Waals surface area contributed by atoms with Crippen molar-refractivity contribution >= 4 is 28.0 Å². The van der Waals surface area contributed by atoms with E-state index in [-0.39, 0.29) is 5.56 Å². The summed E-state index contributed by atoms with van der Waals surface area (Å²) in [5.41, 5.74) is 4.48. The van der Waals surface area contributed by atoms with Crippen LogP contribution in [0, 0.1) is 0 Å². The first-order valence-corrected chi connectivity index (χ1v) is 8.06. The van der Waals surface area contributed by atoms with Crippen LogP contribution in [0.5, 0.6) is 0 Å². The van der Waals surface area contributed by atoms with Gasteiger partial charge < -0.3 is 10.3 Å². The van der Waals surface area contributed by atoms with E-state index in [1.165, 1.54) is 11.1 Å². The minimum atomic E-state index is -0.0777. The Bertz CT molecular complexity index is 1030. The number of aliphatic imine (C=N–C) groups is 1. The van der Waals surface area contributed by atoms with Gasteiger partial charge in [0.25, 0.3) is 5.56 Å². The second-order valence-electron chi connectivity index (χ2n) is 6.33. The molecule has 2 aromatic carbocycles. The molecule has 5 rings (SSSR count). The molecule has 0 unspecified atom stereocenters. The third-order valence-electron chi connectivity index (χ3n) is 4.72. The van der Waals surface area contributed by atoms with Gasteiger partial charge in [-0.2, -0.15) is 0 Å². The molecule has 5 nitrogen and oxygen atoms in total. The van der Waals surface area contributed by atoms with Crippen molar-refractivity contribution in [2.45, 2.75) is 13.1 Å². The van der Waals surface area contributed by atoms with Crippen molar-refractivity contribution in [3.63, 3.8) is 0 Å². The number of aromatic amines is 1. The summed E-state index contributed by atoms with van der Waals surface area (Å²) in [6, 6.07) is 14.2. The molecule has 2 aliphatic heterocycles. The summed E-state index contributed by atoms with van der Waals surface area (Å²) in [4.78, 5) is 21.9. The molecule has 3 heterocycles. The van der Waals surface area contributed by atoms with E-state index in [4.69, 9.17) is 4.99 Å². The number of benzene rings is 2. The van der Waals surface area contributed by atoms with Gasteiger partial charge in [0.1, 0.15) is 5.84 Å². The number of H-pyrrole nitrogens is 1. The van der Waals surface area contributed by atoms with Crippen LogP contribution in [0.25, 0.3) is 10.8 Å². The van der Waals surface area contributed by atoms with Crippen LogP contribution in [-0.4, -0.2) is 22.3 Å². The first-order chi connectivity index (χ1) is 11.8. The second kappa shape index (κ2) is 5.04. The molecule has 0 atom stereocenters. The molecule has 24 heavy (non-hydrogen) atoms. The van der Waals surface area contributed by atoms with Gasteiger partial charge >= 0.3 is 0 Å². The smallest absolute Gasteiger partial charge is 0.256 e. The number of aromatic nitrogens is 1. The zero-order valence-corrected chi connectivity index (χ0v) is 13.0. The van der Waals surface area contributed by atoms with E-state index < -0.39 is 0 Å². The fraction of sp³-hybridized carbons (Fsp3) is 0.158. The Morgan fingerprint density at radius 1 is 1.04 bits per heavy atom. The number of anilines is 1. The Balaban J connectivity index is 1.48. The molecule has 0 amide bonds. The number of fused-ring (bicyclic) bond motifs is 1. The van der Waals surface area contributed by atoms with Crippen molar-refractivity contribution in [2.24, 2.45) is 4.99 Å². The summed E-state index contributed by atoms with van der Waals surface area (Å²) in [6.45, 7) is 2.64. The number of pyridine rings is 1. The second-order valence-corrected chi connectivity index (χ2v) is 6.33. The Hall–Kier alpha value is -2.92. The van der Waals surface area contributed by atoms with E-state index in [1.807, 2.05) is 18.2 Å². The normalized spacial score (nSPS) is 15.9. The topological polar surface area (TPSA) is 60.5 Å². The SMILES string of the molecule is O=c1[nH]cc2c3c(cccc13)N=C(CN1Cc3ccccc3C1)N2. The lowest BCUT2D eigenvalue weighted by molar-refractivity contribution is 0.326. The number of rotatable bonds is 2. The Morgan fingerprint density at radius 3 is 2.62 bits per heavy atom. The van der Waals surface area contributed by atoms with Gasteiger partial charge in [-0.05, 0) is 23.3 Å². The summed E-state index contributed by atoms with van der Waals surface area (Å²) >= 11 is 0. The molecule has 2 N–H and O–H groups in total. The first kappa shape index (κ1) is 13.5. The van der Waals surface area contributed by atoms with Gasteiger partial charge in [0.2, 0.25) is 0 Å². The van der Waals surface area contributed by atoms with Gasteiger partial charge in [0, 0.05) is 24.7 Å². The van der Waals surface area contributed by atoms with E-state index in [0.29, 0.717) is 5.39 Å². The van der Waals surface area contributed by atoms with Crippen molar-refractivity contribution in [3.8, 4) is 0 Å². The van der Waals surface area contributed by atoms with Gasteiger partial charge in [0.15, 0.2) is 0 Å². The van der Waals surface area contributed by atoms with Crippen molar-refractivity contribution in [1.29, 1.82) is 0 Å². The molecule has 3 aromatic rings. The van der Waals surface area contributed by atoms with Crippen LogP contribution in [0.1, 0.15) is 11.1 Å². The summed E-state index contributed by atoms with van der Waals surface area (Å²) in [5, 5.41) is 4.95. The quantitative estimate of drug-likeness (QED) is 0.764. The van der Waals surface area contributed by atoms with Gasteiger partial charge in [-0.3, -0.25) is 9.69 Å². The van der Waals surface area contributed by atoms with Crippen molar-refractivity contribution in [3.05, 3.63) is 70.1 Å². The Kier molecular flexibility index (Phi) is 2.84. The molecule has 0 radical (unpaired) electrons. The van der Waals surface area contributed by atoms with E-state index in [9.17, 15) is 4.79 Å². The molecule has 0 spiro atoms. The lowest BCUT2D eigenvalue weighted by Crippen LogP contribution is -2.30. The van der Waals surface area contributed by atoms with Gasteiger partial charge in [0.05, 0.1) is 23.3 Å². The maximum atomic E-state index is 12.0. The third-order valence-corrected chi connectivity index (χ3v) is 4.72. The highest BCUT2D eigenvalue weighted by molar-refractivity contribution is 6.13. The van der Waals surface area contributed by atoms with Crippen LogP contribution in [0.15, 0.2) is 58.4 Å². The molecule has 0 fully saturated rings. The molecular weight excluding hydrogens is 300 g/mol. The molecule has 1 aromatic heterocycles. The molecule has 0 saturated carbocycles. The summed E-state index contributed by atoms with van der Waals surface area (Å²) in [7, 11) is 0. The molecule has 5 heteroatoms. The summed E-state index contributed by atoms with van der Waals surface area (Å²) in [6.07, 6.45) is 1.74. The van der Waals surface area contributed by atoms with E-state index in [0.717, 1.165) is 42.2 Å². The predicted octanol–water partition coefficient (Wildman–Crippen LogP) is 3.00. The first-order valence-electron chi connectivity index (χ1n) is 8.06. The fourth-order valence-electron chi connectivity index (χ4n) is 3.62. The largest absolute Gasteiger partial charge is 0.341 e. The number of nitrogens with one attached hydrogen (secondary N) is 2. The molecule has 118 valence electrons. The van der Waals surface area contributed by atoms with Gasteiger partial charge in [-0.15, -0.1) is 0 Å². The van der Waals surface area contributed by atoms with E-state index in [1.54, 1.807) is 6.20 Å². The zero-order chi connectivity index (χ0) is 16.1. The minimum Gasteiger partial charge on any atom is -0.341 e. The summed E-state index contributed by atoms with van der Waals surface area (Å²) < 4.78 is 0. The highest BCUT2D eigenvalue weighted by Gasteiger charge is 2.22. The van der Waals surface area contributed by atoms with Crippen LogP contribution < -0.4 is 10.9 Å². The molecule has 0 aliphatic carbocycles. The molecule has 0 saturated heterocycles. The molecular formula is C19H16N4O. The van der Waals surface area contributed by atoms with Gasteiger partial charge in [-0.25, -0.2) is 4.99 Å². The lowest BCUT2D eigenvalue weighted by Gasteiger charge is -2.22. The monoisotopic (exact) mass is 316 g/mol. The van der Waals surface area contributed by atoms with Gasteiger partial charge in [-0.1, -0.05) is 30.3 Å². The number of hydrogen-bond acceptors (Lipinski definition) is 4. The number of nitrogens with zero attached hydrogens (tertiary/aromatic N) is 2. The number of amidine groups is 1. The van der Waals surface area contributed by atoms with Crippen LogP contribution in [0.2, 0.25) is 0 Å². The molecule has 0 bridgehead atoms. The number of hydrogen-bond donors (Lipinski definition) is 2. The maximum Gasteiger partial charge on any atom is 0.256 e. The van der Waals surface area contributed by atoms with Crippen molar-refractivity contribution in [1.82, 2.24) is 9.88 Å². The highest BCUT2D eigenvalue weighted by Crippen LogP contribution is 2.33.